The Labute approximate surface area is 243 Å². The summed E-state index contributed by atoms with van der Waals surface area (Å²) in [6.07, 6.45) is 8.32. The highest BCUT2D eigenvalue weighted by Gasteiger charge is 2.46. The second-order valence-corrected chi connectivity index (χ2v) is 15.5. The van der Waals surface area contributed by atoms with Crippen molar-refractivity contribution in [1.82, 2.24) is 4.72 Å². The Kier molecular flexibility index (Phi) is 7.37. The molecule has 2 aromatic rings. The van der Waals surface area contributed by atoms with Crippen LogP contribution < -0.4 is 14.4 Å². The molecule has 1 amide bonds. The molecule has 2 aromatic carbocycles. The van der Waals surface area contributed by atoms with Crippen LogP contribution >= 0.6 is 11.6 Å². The molecule has 2 aliphatic heterocycles. The Morgan fingerprint density at radius 3 is 2.77 bits per heavy atom. The van der Waals surface area contributed by atoms with E-state index in [0.717, 1.165) is 80.9 Å². The van der Waals surface area contributed by atoms with E-state index in [-0.39, 0.29) is 17.2 Å². The summed E-state index contributed by atoms with van der Waals surface area (Å²) in [5, 5.41) is 12.3. The summed E-state index contributed by atoms with van der Waals surface area (Å²) in [6, 6.07) is 11.8. The second kappa shape index (κ2) is 10.6. The van der Waals surface area contributed by atoms with Gasteiger partial charge < -0.3 is 14.7 Å². The molecular formula is C32H41ClN2O4S. The van der Waals surface area contributed by atoms with Gasteiger partial charge >= 0.3 is 0 Å². The lowest BCUT2D eigenvalue weighted by Crippen LogP contribution is -2.52. The van der Waals surface area contributed by atoms with Crippen molar-refractivity contribution < 1.29 is 18.8 Å². The van der Waals surface area contributed by atoms with Gasteiger partial charge in [-0.1, -0.05) is 30.5 Å². The zero-order valence-corrected chi connectivity index (χ0v) is 25.0. The number of aliphatic hydroxyl groups is 1. The van der Waals surface area contributed by atoms with E-state index in [1.165, 1.54) is 11.1 Å². The van der Waals surface area contributed by atoms with Crippen LogP contribution in [0.25, 0.3) is 0 Å². The standard InChI is InChI=1S/C32H41ClN2O4S/c1-31(37)14-4-3-5-16-40(2,38)34-30(36)23-9-13-29-28(18-23)35(19-24-8-11-26(24)31)20-32(21-39-29)15-6-7-22-17-25(33)10-12-27(22)32/h9-10,12-13,17-18,24,26,37H,2-8,11,14-16,19-21H2,1H3,(H,34,36,38)/t24-,26+,31-,32-,40?/m0/s1. The SMILES string of the molecule is C=S1(=O)CCCCC[C@](C)(O)[C@@H]2CC[C@H]2CN2C[C@@]3(CCCc4cc(Cl)ccc43)COc3ccc(cc32)C(=O)N1. The molecule has 1 spiro atoms. The molecule has 6 nitrogen and oxygen atoms in total. The van der Waals surface area contributed by atoms with Crippen LogP contribution in [0.5, 0.6) is 5.75 Å². The molecule has 2 aliphatic carbocycles. The summed E-state index contributed by atoms with van der Waals surface area (Å²) >= 11 is 6.40. The topological polar surface area (TPSA) is 78.9 Å². The van der Waals surface area contributed by atoms with Gasteiger partial charge in [-0.2, -0.15) is 0 Å². The first-order valence-corrected chi connectivity index (χ1v) is 17.0. The zero-order valence-electron chi connectivity index (χ0n) is 23.4. The average molecular weight is 585 g/mol. The molecule has 5 atom stereocenters. The van der Waals surface area contributed by atoms with Crippen molar-refractivity contribution in [2.45, 2.75) is 75.7 Å². The normalized spacial score (nSPS) is 34.5. The first kappa shape index (κ1) is 27.9. The monoisotopic (exact) mass is 584 g/mol. The average Bonchev–Trinajstić information content (AvgIpc) is 3.02. The highest BCUT2D eigenvalue weighted by molar-refractivity contribution is 7.99. The predicted octanol–water partition coefficient (Wildman–Crippen LogP) is 5.53. The molecule has 1 fully saturated rings. The van der Waals surface area contributed by atoms with Crippen molar-refractivity contribution in [3.8, 4) is 5.75 Å². The minimum atomic E-state index is -2.76. The Bertz CT molecular complexity index is 1410. The lowest BCUT2D eigenvalue weighted by Gasteiger charge is -2.49. The van der Waals surface area contributed by atoms with E-state index in [1.54, 1.807) is 6.07 Å². The van der Waals surface area contributed by atoms with Gasteiger partial charge in [-0.25, -0.2) is 4.21 Å². The first-order valence-electron chi connectivity index (χ1n) is 14.8. The van der Waals surface area contributed by atoms with Crippen molar-refractivity contribution in [3.05, 3.63) is 58.1 Å². The second-order valence-electron chi connectivity index (χ2n) is 12.8. The molecule has 8 heteroatoms. The van der Waals surface area contributed by atoms with Crippen LogP contribution in [0.2, 0.25) is 5.02 Å². The number of ether oxygens (including phenoxy) is 1. The van der Waals surface area contributed by atoms with Gasteiger partial charge in [-0.15, -0.1) is 0 Å². The maximum atomic E-state index is 13.3. The van der Waals surface area contributed by atoms with Crippen LogP contribution in [-0.4, -0.2) is 52.1 Å². The molecule has 2 heterocycles. The molecular weight excluding hydrogens is 544 g/mol. The fourth-order valence-corrected chi connectivity index (χ4v) is 9.03. The highest BCUT2D eigenvalue weighted by Crippen LogP contribution is 2.48. The summed E-state index contributed by atoms with van der Waals surface area (Å²) in [4.78, 5) is 15.7. The van der Waals surface area contributed by atoms with E-state index in [9.17, 15) is 14.1 Å². The maximum absolute atomic E-state index is 13.3. The lowest BCUT2D eigenvalue weighted by atomic mass is 9.63. The number of aryl methyl sites for hydroxylation is 1. The first-order chi connectivity index (χ1) is 19.1. The van der Waals surface area contributed by atoms with E-state index in [2.05, 4.69) is 27.6 Å². The Morgan fingerprint density at radius 2 is 1.98 bits per heavy atom. The third kappa shape index (κ3) is 5.37. The van der Waals surface area contributed by atoms with Crippen LogP contribution in [0.1, 0.15) is 79.8 Å². The van der Waals surface area contributed by atoms with Gasteiger partial charge in [0.1, 0.15) is 5.75 Å². The smallest absolute Gasteiger partial charge is 0.262 e. The predicted molar refractivity (Wildman–Crippen MR) is 163 cm³/mol. The maximum Gasteiger partial charge on any atom is 0.262 e. The molecule has 40 heavy (non-hydrogen) atoms. The van der Waals surface area contributed by atoms with Crippen molar-refractivity contribution >= 4 is 38.8 Å². The van der Waals surface area contributed by atoms with Crippen LogP contribution in [0.15, 0.2) is 36.4 Å². The molecule has 2 bridgehead atoms. The number of carbonyl (C=O) groups excluding carboxylic acids is 1. The molecule has 1 unspecified atom stereocenters. The number of fused-ring (bicyclic) bond motifs is 4. The Hall–Kier alpha value is -2.22. The van der Waals surface area contributed by atoms with Crippen LogP contribution in [-0.2, 0) is 21.5 Å². The quantitative estimate of drug-likeness (QED) is 0.398. The summed E-state index contributed by atoms with van der Waals surface area (Å²) < 4.78 is 22.4. The Morgan fingerprint density at radius 1 is 1.12 bits per heavy atom. The summed E-state index contributed by atoms with van der Waals surface area (Å²) in [5.74, 6) is 5.15. The number of carbonyl (C=O) groups is 1. The number of rotatable bonds is 0. The molecule has 0 radical (unpaired) electrons. The van der Waals surface area contributed by atoms with Crippen LogP contribution in [0.4, 0.5) is 5.69 Å². The summed E-state index contributed by atoms with van der Waals surface area (Å²) in [5.41, 5.74) is 2.99. The number of amides is 1. The van der Waals surface area contributed by atoms with Crippen LogP contribution in [0.3, 0.4) is 0 Å². The molecule has 0 aromatic heterocycles. The third-order valence-electron chi connectivity index (χ3n) is 9.91. The molecule has 6 rings (SSSR count). The Balaban J connectivity index is 1.42. The molecule has 0 saturated heterocycles. The number of nitrogens with zero attached hydrogens (tertiary/aromatic N) is 1. The van der Waals surface area contributed by atoms with E-state index in [0.29, 0.717) is 30.3 Å². The largest absolute Gasteiger partial charge is 0.490 e. The van der Waals surface area contributed by atoms with Crippen molar-refractivity contribution in [1.29, 1.82) is 0 Å². The van der Waals surface area contributed by atoms with Gasteiger partial charge in [-0.3, -0.25) is 9.52 Å². The number of hydrogen-bond acceptors (Lipinski definition) is 5. The number of benzene rings is 2. The fourth-order valence-electron chi connectivity index (χ4n) is 7.60. The fraction of sp³-hybridized carbons (Fsp3) is 0.562. The van der Waals surface area contributed by atoms with Gasteiger partial charge in [0, 0.05) is 44.6 Å². The summed E-state index contributed by atoms with van der Waals surface area (Å²) in [7, 11) is -2.76. The van der Waals surface area contributed by atoms with E-state index in [4.69, 9.17) is 16.3 Å². The van der Waals surface area contributed by atoms with Crippen LogP contribution in [0, 0.1) is 11.8 Å². The minimum absolute atomic E-state index is 0.204. The van der Waals surface area contributed by atoms with Gasteiger partial charge in [0.2, 0.25) is 0 Å². The number of anilines is 1. The minimum Gasteiger partial charge on any atom is -0.490 e. The molecule has 2 N–H and O–H groups in total. The van der Waals surface area contributed by atoms with Crippen molar-refractivity contribution in [2.75, 3.05) is 30.3 Å². The van der Waals surface area contributed by atoms with E-state index in [1.807, 2.05) is 25.1 Å². The van der Waals surface area contributed by atoms with Gasteiger partial charge in [0.25, 0.3) is 5.91 Å². The van der Waals surface area contributed by atoms with Gasteiger partial charge in [0.15, 0.2) is 0 Å². The highest BCUT2D eigenvalue weighted by atomic mass is 35.5. The van der Waals surface area contributed by atoms with Gasteiger partial charge in [0.05, 0.1) is 17.9 Å². The summed E-state index contributed by atoms with van der Waals surface area (Å²) in [6.45, 7) is 4.10. The molecule has 4 aliphatic rings. The van der Waals surface area contributed by atoms with Gasteiger partial charge in [-0.05, 0) is 111 Å². The molecule has 1 saturated carbocycles. The lowest BCUT2D eigenvalue weighted by molar-refractivity contribution is -0.0742. The third-order valence-corrected chi connectivity index (χ3v) is 11.6. The van der Waals surface area contributed by atoms with Crippen molar-refractivity contribution in [2.24, 2.45) is 11.8 Å². The number of halogens is 1. The van der Waals surface area contributed by atoms with Crippen molar-refractivity contribution in [3.63, 3.8) is 0 Å². The number of nitrogens with one attached hydrogen (secondary N) is 1. The number of hydrogen-bond donors (Lipinski definition) is 2. The molecule has 216 valence electrons. The zero-order chi connectivity index (χ0) is 28.1. The van der Waals surface area contributed by atoms with E-state index >= 15 is 0 Å². The van der Waals surface area contributed by atoms with E-state index < -0.39 is 15.3 Å².